The highest BCUT2D eigenvalue weighted by Crippen LogP contribution is 2.25. The second-order valence-corrected chi connectivity index (χ2v) is 14.3. The van der Waals surface area contributed by atoms with Crippen molar-refractivity contribution in [3.63, 3.8) is 0 Å². The van der Waals surface area contributed by atoms with Crippen molar-refractivity contribution in [3.8, 4) is 0 Å². The third-order valence-corrected chi connectivity index (χ3v) is 9.90. The topological polar surface area (TPSA) is 95.0 Å². The van der Waals surface area contributed by atoms with Crippen molar-refractivity contribution in [2.75, 3.05) is 39.9 Å². The molecule has 3 aromatic rings. The van der Waals surface area contributed by atoms with Gasteiger partial charge in [0.1, 0.15) is 10.6 Å². The molecule has 0 unspecified atom stereocenters. The number of morpholine rings is 1. The first-order chi connectivity index (χ1) is 22.1. The molecule has 3 atom stereocenters. The van der Waals surface area contributed by atoms with Gasteiger partial charge in [-0.2, -0.15) is 0 Å². The summed E-state index contributed by atoms with van der Waals surface area (Å²) in [5.74, 6) is 0.775. The van der Waals surface area contributed by atoms with Crippen LogP contribution >= 0.6 is 11.3 Å². The fourth-order valence-corrected chi connectivity index (χ4v) is 6.81. The van der Waals surface area contributed by atoms with Gasteiger partial charge in [-0.1, -0.05) is 74.0 Å². The third-order valence-electron chi connectivity index (χ3n) is 8.70. The van der Waals surface area contributed by atoms with Gasteiger partial charge in [0.05, 0.1) is 31.5 Å². The lowest BCUT2D eigenvalue weighted by molar-refractivity contribution is -0.122. The van der Waals surface area contributed by atoms with Crippen LogP contribution in [0.2, 0.25) is 0 Å². The van der Waals surface area contributed by atoms with E-state index in [0.717, 1.165) is 45.3 Å². The van der Waals surface area contributed by atoms with Crippen LogP contribution in [-0.4, -0.2) is 77.6 Å². The Hall–Kier alpha value is -3.11. The Kier molecular flexibility index (Phi) is 13.8. The van der Waals surface area contributed by atoms with Crippen molar-refractivity contribution in [1.29, 1.82) is 0 Å². The standard InChI is InChI=1S/C37H52N4O4S/c1-28(23-29-11-7-5-8-12-29)15-16-31(24-30-13-9-6-10-14-30)25-34(42)33(17-18-41-19-21-45-22-20-41)39-36(43)40(4)26-32-27-46-35(38-32)37(2,3)44/h5-14,27-28,31,33,44H,15-26H2,1-4H3,(H,39,43)/t28-,31-,33+/m1/s1. The summed E-state index contributed by atoms with van der Waals surface area (Å²) >= 11 is 1.38. The largest absolute Gasteiger partial charge is 0.383 e. The van der Waals surface area contributed by atoms with Gasteiger partial charge in [-0.25, -0.2) is 9.78 Å². The Morgan fingerprint density at radius 1 is 1.00 bits per heavy atom. The van der Waals surface area contributed by atoms with E-state index in [1.165, 1.54) is 22.5 Å². The van der Waals surface area contributed by atoms with Gasteiger partial charge in [0.15, 0.2) is 5.78 Å². The Bertz CT molecular complexity index is 1340. The second kappa shape index (κ2) is 17.7. The Labute approximate surface area is 279 Å². The Morgan fingerprint density at radius 2 is 1.63 bits per heavy atom. The Morgan fingerprint density at radius 3 is 2.24 bits per heavy atom. The number of amides is 2. The molecule has 250 valence electrons. The van der Waals surface area contributed by atoms with E-state index in [2.05, 4.69) is 70.7 Å². The number of carbonyl (C=O) groups excluding carboxylic acids is 2. The average molecular weight is 649 g/mol. The van der Waals surface area contributed by atoms with Crippen molar-refractivity contribution in [2.24, 2.45) is 11.8 Å². The van der Waals surface area contributed by atoms with E-state index in [1.807, 2.05) is 17.5 Å². The SMILES string of the molecule is C[C@H](CC[C@@H](CC(=O)[C@H](CCN1CCOCC1)NC(=O)N(C)Cc1csc(C(C)(C)O)n1)Cc1ccccc1)Cc1ccccc1. The molecule has 46 heavy (non-hydrogen) atoms. The molecule has 2 amide bonds. The van der Waals surface area contributed by atoms with Gasteiger partial charge in [0, 0.05) is 38.5 Å². The molecule has 1 aliphatic heterocycles. The number of hydrogen-bond acceptors (Lipinski definition) is 7. The lowest BCUT2D eigenvalue weighted by atomic mass is 9.85. The summed E-state index contributed by atoms with van der Waals surface area (Å²) in [4.78, 5) is 35.9. The van der Waals surface area contributed by atoms with Crippen molar-refractivity contribution >= 4 is 23.2 Å². The van der Waals surface area contributed by atoms with E-state index >= 15 is 0 Å². The van der Waals surface area contributed by atoms with Gasteiger partial charge in [0.2, 0.25) is 0 Å². The lowest BCUT2D eigenvalue weighted by Gasteiger charge is -2.29. The molecule has 1 fully saturated rings. The quantitative estimate of drug-likeness (QED) is 0.184. The van der Waals surface area contributed by atoms with Crippen LogP contribution in [0.3, 0.4) is 0 Å². The molecule has 0 aliphatic carbocycles. The molecule has 8 nitrogen and oxygen atoms in total. The van der Waals surface area contributed by atoms with Gasteiger partial charge >= 0.3 is 6.03 Å². The van der Waals surface area contributed by atoms with Gasteiger partial charge in [-0.05, 0) is 62.5 Å². The monoisotopic (exact) mass is 648 g/mol. The Balaban J connectivity index is 1.42. The van der Waals surface area contributed by atoms with Crippen LogP contribution in [0.1, 0.15) is 68.3 Å². The van der Waals surface area contributed by atoms with Crippen molar-refractivity contribution < 1.29 is 19.4 Å². The third kappa shape index (κ3) is 11.9. The first-order valence-corrected chi connectivity index (χ1v) is 17.5. The van der Waals surface area contributed by atoms with E-state index in [9.17, 15) is 14.7 Å². The number of benzene rings is 2. The van der Waals surface area contributed by atoms with E-state index in [4.69, 9.17) is 4.74 Å². The van der Waals surface area contributed by atoms with Crippen LogP contribution in [0.25, 0.3) is 0 Å². The first-order valence-electron chi connectivity index (χ1n) is 16.7. The molecule has 0 saturated carbocycles. The number of carbonyl (C=O) groups is 2. The molecule has 4 rings (SSSR count). The van der Waals surface area contributed by atoms with E-state index in [-0.39, 0.29) is 17.7 Å². The summed E-state index contributed by atoms with van der Waals surface area (Å²) in [5.41, 5.74) is 2.26. The minimum Gasteiger partial charge on any atom is -0.383 e. The van der Waals surface area contributed by atoms with Crippen LogP contribution in [0, 0.1) is 11.8 Å². The number of nitrogens with zero attached hydrogens (tertiary/aromatic N) is 3. The molecule has 1 aliphatic rings. The smallest absolute Gasteiger partial charge is 0.318 e. The van der Waals surface area contributed by atoms with Gasteiger partial charge in [-0.15, -0.1) is 11.3 Å². The van der Waals surface area contributed by atoms with Gasteiger partial charge in [0.25, 0.3) is 0 Å². The molecule has 1 saturated heterocycles. The summed E-state index contributed by atoms with van der Waals surface area (Å²) in [6.07, 6.45) is 4.82. The fraction of sp³-hybridized carbons (Fsp3) is 0.541. The van der Waals surface area contributed by atoms with Crippen LogP contribution < -0.4 is 5.32 Å². The minimum atomic E-state index is -1.03. The summed E-state index contributed by atoms with van der Waals surface area (Å²) in [7, 11) is 1.72. The van der Waals surface area contributed by atoms with Crippen LogP contribution in [0.15, 0.2) is 66.0 Å². The van der Waals surface area contributed by atoms with Crippen molar-refractivity contribution in [1.82, 2.24) is 20.1 Å². The molecule has 0 radical (unpaired) electrons. The van der Waals surface area contributed by atoms with Crippen LogP contribution in [-0.2, 0) is 34.5 Å². The maximum Gasteiger partial charge on any atom is 0.318 e. The number of nitrogens with one attached hydrogen (secondary N) is 1. The number of hydrogen-bond donors (Lipinski definition) is 2. The second-order valence-electron chi connectivity index (χ2n) is 13.4. The molecule has 2 N–H and O–H groups in total. The highest BCUT2D eigenvalue weighted by Gasteiger charge is 2.27. The number of thiazole rings is 1. The summed E-state index contributed by atoms with van der Waals surface area (Å²) in [6, 6.07) is 20.1. The normalized spacial score (nSPS) is 16.0. The highest BCUT2D eigenvalue weighted by atomic mass is 32.1. The highest BCUT2D eigenvalue weighted by molar-refractivity contribution is 7.09. The van der Waals surface area contributed by atoms with Crippen molar-refractivity contribution in [2.45, 2.75) is 77.5 Å². The maximum atomic E-state index is 14.1. The maximum absolute atomic E-state index is 14.1. The minimum absolute atomic E-state index is 0.0876. The zero-order valence-electron chi connectivity index (χ0n) is 28.0. The van der Waals surface area contributed by atoms with Gasteiger partial charge in [-0.3, -0.25) is 9.69 Å². The van der Waals surface area contributed by atoms with E-state index in [0.29, 0.717) is 49.2 Å². The number of aliphatic hydroxyl groups is 1. The number of ketones is 1. The number of Topliss-reactive ketones (excluding diaryl/α,β-unsaturated/α-hetero) is 1. The molecule has 2 aromatic carbocycles. The lowest BCUT2D eigenvalue weighted by Crippen LogP contribution is -2.49. The van der Waals surface area contributed by atoms with Crippen LogP contribution in [0.5, 0.6) is 0 Å². The predicted octanol–water partition coefficient (Wildman–Crippen LogP) is 6.08. The number of ether oxygens (including phenoxy) is 1. The molecule has 1 aromatic heterocycles. The van der Waals surface area contributed by atoms with Gasteiger partial charge < -0.3 is 20.1 Å². The summed E-state index contributed by atoms with van der Waals surface area (Å²) < 4.78 is 5.52. The van der Waals surface area contributed by atoms with Crippen molar-refractivity contribution in [3.05, 3.63) is 87.9 Å². The molecule has 9 heteroatoms. The summed E-state index contributed by atoms with van der Waals surface area (Å²) in [6.45, 7) is 9.75. The van der Waals surface area contributed by atoms with E-state index < -0.39 is 11.6 Å². The zero-order valence-corrected chi connectivity index (χ0v) is 28.8. The molecule has 0 bridgehead atoms. The van der Waals surface area contributed by atoms with Crippen LogP contribution in [0.4, 0.5) is 4.79 Å². The zero-order chi connectivity index (χ0) is 32.9. The summed E-state index contributed by atoms with van der Waals surface area (Å²) in [5, 5.41) is 15.9. The molecular weight excluding hydrogens is 596 g/mol. The molecule has 0 spiro atoms. The average Bonchev–Trinajstić information content (AvgIpc) is 3.52. The number of aromatic nitrogens is 1. The molecular formula is C37H52N4O4S. The fourth-order valence-electron chi connectivity index (χ4n) is 5.97. The molecule has 2 heterocycles. The first kappa shape index (κ1) is 35.7. The predicted molar refractivity (Wildman–Crippen MR) is 185 cm³/mol. The number of rotatable bonds is 17. The van der Waals surface area contributed by atoms with E-state index in [1.54, 1.807) is 25.8 Å². The number of urea groups is 1.